The molecule has 2 aromatic rings. The van der Waals surface area contributed by atoms with Gasteiger partial charge in [-0.1, -0.05) is 29.8 Å². The first-order valence-corrected chi connectivity index (χ1v) is 8.57. The molecule has 6 nitrogen and oxygen atoms in total. The fourth-order valence-corrected chi connectivity index (χ4v) is 3.18. The number of nitrogens with one attached hydrogen (secondary N) is 1. The molecule has 2 atom stereocenters. The fourth-order valence-electron chi connectivity index (χ4n) is 3.18. The first-order valence-electron chi connectivity index (χ1n) is 8.57. The maximum Gasteiger partial charge on any atom is 0.244 e. The summed E-state index contributed by atoms with van der Waals surface area (Å²) in [7, 11) is 0. The van der Waals surface area contributed by atoms with Gasteiger partial charge in [-0.25, -0.2) is 9.67 Å². The molecule has 1 aromatic carbocycles. The number of carbonyl (C=O) groups excluding carboxylic acids is 1. The number of carbonyl (C=O) groups is 1. The van der Waals surface area contributed by atoms with E-state index in [0.717, 1.165) is 13.1 Å². The normalized spacial score (nSPS) is 17.6. The zero-order chi connectivity index (χ0) is 16.9. The second kappa shape index (κ2) is 7.57. The van der Waals surface area contributed by atoms with Crippen molar-refractivity contribution in [1.82, 2.24) is 25.0 Å². The second-order valence-corrected chi connectivity index (χ2v) is 6.47. The van der Waals surface area contributed by atoms with Crippen molar-refractivity contribution < 1.29 is 4.79 Å². The van der Waals surface area contributed by atoms with Gasteiger partial charge in [-0.2, -0.15) is 5.10 Å². The second-order valence-electron chi connectivity index (χ2n) is 6.47. The minimum absolute atomic E-state index is 0.0307. The summed E-state index contributed by atoms with van der Waals surface area (Å²) in [5.41, 5.74) is 2.51. The lowest BCUT2D eigenvalue weighted by Gasteiger charge is -2.28. The molecule has 0 radical (unpaired) electrons. The van der Waals surface area contributed by atoms with Crippen molar-refractivity contribution in [2.24, 2.45) is 0 Å². The molecule has 1 aliphatic heterocycles. The van der Waals surface area contributed by atoms with Crippen molar-refractivity contribution in [3.63, 3.8) is 0 Å². The van der Waals surface area contributed by atoms with Crippen LogP contribution in [0.3, 0.4) is 0 Å². The van der Waals surface area contributed by atoms with E-state index >= 15 is 0 Å². The molecule has 1 saturated heterocycles. The average Bonchev–Trinajstić information content (AvgIpc) is 3.29. The van der Waals surface area contributed by atoms with Crippen LogP contribution in [0.5, 0.6) is 0 Å². The summed E-state index contributed by atoms with van der Waals surface area (Å²) in [6.45, 7) is 6.72. The summed E-state index contributed by atoms with van der Waals surface area (Å²) in [4.78, 5) is 18.8. The van der Waals surface area contributed by atoms with E-state index in [0.29, 0.717) is 6.54 Å². The van der Waals surface area contributed by atoms with Crippen LogP contribution < -0.4 is 5.32 Å². The Kier molecular flexibility index (Phi) is 5.25. The highest BCUT2D eigenvalue weighted by molar-refractivity contribution is 5.79. The largest absolute Gasteiger partial charge is 0.352 e. The van der Waals surface area contributed by atoms with Gasteiger partial charge in [0.15, 0.2) is 0 Å². The number of hydrogen-bond donors (Lipinski definition) is 1. The Morgan fingerprint density at radius 3 is 2.58 bits per heavy atom. The lowest BCUT2D eigenvalue weighted by atomic mass is 10.0. The van der Waals surface area contributed by atoms with Crippen molar-refractivity contribution in [1.29, 1.82) is 0 Å². The van der Waals surface area contributed by atoms with Gasteiger partial charge < -0.3 is 5.32 Å². The molecule has 3 rings (SSSR count). The number of likely N-dealkylation sites (tertiary alicyclic amines) is 1. The summed E-state index contributed by atoms with van der Waals surface area (Å²) >= 11 is 0. The average molecular weight is 327 g/mol. The summed E-state index contributed by atoms with van der Waals surface area (Å²) in [5, 5.41) is 7.14. The maximum absolute atomic E-state index is 12.4. The van der Waals surface area contributed by atoms with Crippen LogP contribution in [0.25, 0.3) is 0 Å². The number of rotatable bonds is 6. The number of nitrogens with zero attached hydrogens (tertiary/aromatic N) is 4. The van der Waals surface area contributed by atoms with E-state index < -0.39 is 0 Å². The van der Waals surface area contributed by atoms with Gasteiger partial charge in [0, 0.05) is 6.54 Å². The molecule has 1 aromatic heterocycles. The van der Waals surface area contributed by atoms with Crippen molar-refractivity contribution >= 4 is 5.91 Å². The molecular formula is C18H25N5O. The van der Waals surface area contributed by atoms with Crippen LogP contribution in [-0.4, -0.2) is 45.2 Å². The lowest BCUT2D eigenvalue weighted by Crippen LogP contribution is -2.39. The Morgan fingerprint density at radius 2 is 1.96 bits per heavy atom. The molecule has 2 heterocycles. The van der Waals surface area contributed by atoms with Gasteiger partial charge in [0.1, 0.15) is 18.7 Å². The van der Waals surface area contributed by atoms with Crippen LogP contribution in [-0.2, 0) is 4.79 Å². The van der Waals surface area contributed by atoms with E-state index in [4.69, 9.17) is 0 Å². The number of aromatic nitrogens is 3. The van der Waals surface area contributed by atoms with Crippen LogP contribution in [0.1, 0.15) is 43.0 Å². The molecule has 128 valence electrons. The molecule has 1 aliphatic rings. The van der Waals surface area contributed by atoms with Crippen molar-refractivity contribution in [2.75, 3.05) is 19.6 Å². The Morgan fingerprint density at radius 1 is 1.25 bits per heavy atom. The third kappa shape index (κ3) is 3.82. The molecule has 0 unspecified atom stereocenters. The predicted octanol–water partition coefficient (Wildman–Crippen LogP) is 2.10. The van der Waals surface area contributed by atoms with E-state index in [9.17, 15) is 4.79 Å². The molecule has 24 heavy (non-hydrogen) atoms. The van der Waals surface area contributed by atoms with Gasteiger partial charge in [-0.3, -0.25) is 9.69 Å². The minimum atomic E-state index is -0.357. The highest BCUT2D eigenvalue weighted by atomic mass is 16.2. The van der Waals surface area contributed by atoms with Crippen molar-refractivity contribution in [3.8, 4) is 0 Å². The minimum Gasteiger partial charge on any atom is -0.352 e. The molecule has 1 N–H and O–H groups in total. The Bertz CT molecular complexity index is 647. The van der Waals surface area contributed by atoms with Crippen LogP contribution in [0.2, 0.25) is 0 Å². The first-order chi connectivity index (χ1) is 11.6. The topological polar surface area (TPSA) is 63.1 Å². The quantitative estimate of drug-likeness (QED) is 0.882. The van der Waals surface area contributed by atoms with E-state index in [1.165, 1.54) is 30.3 Å². The van der Waals surface area contributed by atoms with Crippen LogP contribution >= 0.6 is 0 Å². The number of hydrogen-bond acceptors (Lipinski definition) is 4. The summed E-state index contributed by atoms with van der Waals surface area (Å²) in [5.74, 6) is -0.0307. The molecular weight excluding hydrogens is 302 g/mol. The fraction of sp³-hybridized carbons (Fsp3) is 0.500. The predicted molar refractivity (Wildman–Crippen MR) is 92.5 cm³/mol. The molecule has 1 amide bonds. The van der Waals surface area contributed by atoms with Crippen LogP contribution in [0.4, 0.5) is 0 Å². The van der Waals surface area contributed by atoms with E-state index in [-0.39, 0.29) is 18.0 Å². The molecule has 1 fully saturated rings. The maximum atomic E-state index is 12.4. The number of amides is 1. The SMILES string of the molecule is Cc1ccc([C@H](CNC(=O)[C@@H](C)n2cncn2)N2CCCC2)cc1. The van der Waals surface area contributed by atoms with E-state index in [2.05, 4.69) is 51.5 Å². The third-order valence-corrected chi connectivity index (χ3v) is 4.73. The summed E-state index contributed by atoms with van der Waals surface area (Å²) in [6.07, 6.45) is 5.47. The standard InChI is InChI=1S/C18H25N5O/c1-14-5-7-16(8-6-14)17(22-9-3-4-10-22)11-20-18(24)15(2)23-13-19-12-21-23/h5-8,12-13,15,17H,3-4,9-11H2,1-2H3,(H,20,24)/t15-,17+/m1/s1. The molecule has 0 bridgehead atoms. The van der Waals surface area contributed by atoms with E-state index in [1.807, 2.05) is 6.92 Å². The zero-order valence-corrected chi connectivity index (χ0v) is 14.4. The van der Waals surface area contributed by atoms with Gasteiger partial charge >= 0.3 is 0 Å². The molecule has 6 heteroatoms. The van der Waals surface area contributed by atoms with Gasteiger partial charge in [0.25, 0.3) is 0 Å². The Hall–Kier alpha value is -2.21. The van der Waals surface area contributed by atoms with E-state index in [1.54, 1.807) is 11.0 Å². The lowest BCUT2D eigenvalue weighted by molar-refractivity contribution is -0.124. The molecule has 0 saturated carbocycles. The first kappa shape index (κ1) is 16.6. The van der Waals surface area contributed by atoms with Gasteiger partial charge in [0.05, 0.1) is 6.04 Å². The number of aryl methyl sites for hydroxylation is 1. The van der Waals surface area contributed by atoms with Crippen molar-refractivity contribution in [2.45, 2.75) is 38.8 Å². The van der Waals surface area contributed by atoms with Crippen molar-refractivity contribution in [3.05, 3.63) is 48.0 Å². The monoisotopic (exact) mass is 327 g/mol. The van der Waals surface area contributed by atoms with Crippen LogP contribution in [0, 0.1) is 6.92 Å². The summed E-state index contributed by atoms with van der Waals surface area (Å²) in [6, 6.07) is 8.48. The van der Waals surface area contributed by atoms with Gasteiger partial charge in [-0.05, 0) is 45.3 Å². The third-order valence-electron chi connectivity index (χ3n) is 4.73. The van der Waals surface area contributed by atoms with Gasteiger partial charge in [-0.15, -0.1) is 0 Å². The van der Waals surface area contributed by atoms with Crippen LogP contribution in [0.15, 0.2) is 36.9 Å². The highest BCUT2D eigenvalue weighted by Crippen LogP contribution is 2.25. The molecule has 0 aliphatic carbocycles. The Labute approximate surface area is 142 Å². The Balaban J connectivity index is 1.67. The molecule has 0 spiro atoms. The summed E-state index contributed by atoms with van der Waals surface area (Å²) < 4.78 is 1.58. The smallest absolute Gasteiger partial charge is 0.244 e. The highest BCUT2D eigenvalue weighted by Gasteiger charge is 2.25. The van der Waals surface area contributed by atoms with Gasteiger partial charge in [0.2, 0.25) is 5.91 Å². The zero-order valence-electron chi connectivity index (χ0n) is 14.4. The number of benzene rings is 1.